The van der Waals surface area contributed by atoms with E-state index in [9.17, 15) is 18.0 Å². The van der Waals surface area contributed by atoms with Crippen LogP contribution in [0.4, 0.5) is 13.2 Å². The quantitative estimate of drug-likeness (QED) is 0.849. The molecule has 6 nitrogen and oxygen atoms in total. The highest BCUT2D eigenvalue weighted by atomic mass is 19.4. The number of carbonyl (C=O) groups is 1. The maximum Gasteiger partial charge on any atom is 0.433 e. The van der Waals surface area contributed by atoms with E-state index in [0.717, 1.165) is 31.2 Å². The van der Waals surface area contributed by atoms with Crippen molar-refractivity contribution in [1.82, 2.24) is 24.6 Å². The minimum absolute atomic E-state index is 0.0256. The fourth-order valence-electron chi connectivity index (χ4n) is 2.63. The van der Waals surface area contributed by atoms with Gasteiger partial charge in [0, 0.05) is 19.3 Å². The highest BCUT2D eigenvalue weighted by molar-refractivity contribution is 5.94. The molecule has 2 aromatic heterocycles. The number of rotatable bonds is 2. The largest absolute Gasteiger partial charge is 0.433 e. The number of halogens is 3. The molecular weight excluding hydrogens is 311 g/mol. The van der Waals surface area contributed by atoms with E-state index in [-0.39, 0.29) is 17.5 Å². The number of likely N-dealkylation sites (tertiary alicyclic amines) is 1. The van der Waals surface area contributed by atoms with E-state index in [0.29, 0.717) is 13.1 Å². The zero-order valence-corrected chi connectivity index (χ0v) is 12.1. The van der Waals surface area contributed by atoms with Crippen molar-refractivity contribution < 1.29 is 18.0 Å². The first-order valence-electron chi connectivity index (χ1n) is 7.12. The van der Waals surface area contributed by atoms with Crippen LogP contribution >= 0.6 is 0 Å². The first kappa shape index (κ1) is 15.4. The van der Waals surface area contributed by atoms with Gasteiger partial charge in [-0.2, -0.15) is 18.3 Å². The van der Waals surface area contributed by atoms with Crippen LogP contribution in [0.1, 0.15) is 34.9 Å². The molecular formula is C14H14F3N5O. The number of nitrogens with zero attached hydrogens (tertiary/aromatic N) is 5. The Bertz CT molecular complexity index is 669. The maximum absolute atomic E-state index is 12.5. The Hall–Kier alpha value is -2.45. The number of alkyl halides is 3. The van der Waals surface area contributed by atoms with Crippen molar-refractivity contribution in [3.05, 3.63) is 42.2 Å². The fourth-order valence-corrected chi connectivity index (χ4v) is 2.63. The Kier molecular flexibility index (Phi) is 4.01. The number of aromatic nitrogens is 4. The van der Waals surface area contributed by atoms with Gasteiger partial charge in [0.25, 0.3) is 5.91 Å². The van der Waals surface area contributed by atoms with Gasteiger partial charge in [0.05, 0.1) is 11.6 Å². The van der Waals surface area contributed by atoms with Crippen LogP contribution < -0.4 is 0 Å². The van der Waals surface area contributed by atoms with Gasteiger partial charge in [-0.15, -0.1) is 0 Å². The number of hydrogen-bond acceptors (Lipinski definition) is 4. The molecule has 2 aromatic rings. The van der Waals surface area contributed by atoms with Crippen molar-refractivity contribution in [2.24, 2.45) is 0 Å². The first-order valence-corrected chi connectivity index (χ1v) is 7.12. The molecule has 1 saturated heterocycles. The maximum atomic E-state index is 12.5. The molecule has 0 aliphatic carbocycles. The summed E-state index contributed by atoms with van der Waals surface area (Å²) >= 11 is 0. The molecule has 1 atom stereocenters. The summed E-state index contributed by atoms with van der Waals surface area (Å²) in [6, 6.07) is 2.01. The van der Waals surface area contributed by atoms with E-state index < -0.39 is 11.9 Å². The summed E-state index contributed by atoms with van der Waals surface area (Å²) in [4.78, 5) is 21.3. The summed E-state index contributed by atoms with van der Waals surface area (Å²) in [5.74, 6) is -0.323. The predicted octanol–water partition coefficient (Wildman–Crippen LogP) is 2.17. The second kappa shape index (κ2) is 5.98. The zero-order chi connectivity index (χ0) is 16.4. The van der Waals surface area contributed by atoms with E-state index in [1.807, 2.05) is 0 Å². The van der Waals surface area contributed by atoms with Crippen molar-refractivity contribution in [1.29, 1.82) is 0 Å². The number of carbonyl (C=O) groups excluding carboxylic acids is 1. The molecule has 122 valence electrons. The third-order valence-electron chi connectivity index (χ3n) is 3.80. The molecule has 0 N–H and O–H groups in total. The number of amides is 1. The molecule has 0 saturated carbocycles. The lowest BCUT2D eigenvalue weighted by Gasteiger charge is -2.32. The Labute approximate surface area is 130 Å². The van der Waals surface area contributed by atoms with Crippen molar-refractivity contribution in [3.8, 4) is 0 Å². The summed E-state index contributed by atoms with van der Waals surface area (Å²) in [7, 11) is 0. The second-order valence-corrected chi connectivity index (χ2v) is 5.35. The van der Waals surface area contributed by atoms with Gasteiger partial charge in [0.2, 0.25) is 0 Å². The van der Waals surface area contributed by atoms with Crippen LogP contribution in [0.25, 0.3) is 0 Å². The van der Waals surface area contributed by atoms with Gasteiger partial charge < -0.3 is 4.90 Å². The second-order valence-electron chi connectivity index (χ2n) is 5.35. The first-order chi connectivity index (χ1) is 10.9. The highest BCUT2D eigenvalue weighted by Crippen LogP contribution is 2.27. The molecule has 3 rings (SSSR count). The van der Waals surface area contributed by atoms with Gasteiger partial charge in [-0.05, 0) is 25.0 Å². The molecule has 0 bridgehead atoms. The molecule has 0 radical (unpaired) electrons. The molecule has 1 aliphatic heterocycles. The smallest absolute Gasteiger partial charge is 0.336 e. The minimum Gasteiger partial charge on any atom is -0.336 e. The number of hydrogen-bond donors (Lipinski definition) is 0. The zero-order valence-electron chi connectivity index (χ0n) is 12.1. The Morgan fingerprint density at radius 2 is 2.13 bits per heavy atom. The summed E-state index contributed by atoms with van der Waals surface area (Å²) in [6.07, 6.45) is 1.16. The van der Waals surface area contributed by atoms with Crippen molar-refractivity contribution in [2.75, 3.05) is 13.1 Å². The van der Waals surface area contributed by atoms with E-state index in [2.05, 4.69) is 15.1 Å². The topological polar surface area (TPSA) is 63.9 Å². The van der Waals surface area contributed by atoms with Crippen molar-refractivity contribution >= 4 is 5.91 Å². The third-order valence-corrected chi connectivity index (χ3v) is 3.80. The molecule has 0 aromatic carbocycles. The standard InChI is InChI=1S/C14H14F3N5O/c15-14(16,17)12-4-3-10(6-19-12)13(23)21-5-1-2-11(7-21)22-9-18-8-20-22/h3-4,6,8-9,11H,1-2,5,7H2/t11-/m0/s1. The Balaban J connectivity index is 1.72. The molecule has 1 amide bonds. The third kappa shape index (κ3) is 3.33. The van der Waals surface area contributed by atoms with E-state index in [1.165, 1.54) is 6.33 Å². The van der Waals surface area contributed by atoms with Crippen LogP contribution in [0.5, 0.6) is 0 Å². The Morgan fingerprint density at radius 3 is 2.74 bits per heavy atom. The van der Waals surface area contributed by atoms with Crippen LogP contribution in [0.2, 0.25) is 0 Å². The molecule has 23 heavy (non-hydrogen) atoms. The lowest BCUT2D eigenvalue weighted by Crippen LogP contribution is -2.40. The predicted molar refractivity (Wildman–Crippen MR) is 73.4 cm³/mol. The normalized spacial score (nSPS) is 18.9. The van der Waals surface area contributed by atoms with Crippen molar-refractivity contribution in [3.63, 3.8) is 0 Å². The lowest BCUT2D eigenvalue weighted by atomic mass is 10.0. The van der Waals surface area contributed by atoms with Gasteiger partial charge in [-0.1, -0.05) is 0 Å². The molecule has 9 heteroatoms. The van der Waals surface area contributed by atoms with E-state index >= 15 is 0 Å². The molecule has 0 unspecified atom stereocenters. The van der Waals surface area contributed by atoms with Crippen LogP contribution in [-0.2, 0) is 6.18 Å². The van der Waals surface area contributed by atoms with E-state index in [1.54, 1.807) is 15.9 Å². The molecule has 1 fully saturated rings. The van der Waals surface area contributed by atoms with Crippen LogP contribution in [0.3, 0.4) is 0 Å². The van der Waals surface area contributed by atoms with Crippen LogP contribution in [-0.4, -0.2) is 43.6 Å². The van der Waals surface area contributed by atoms with Crippen LogP contribution in [0.15, 0.2) is 31.0 Å². The van der Waals surface area contributed by atoms with E-state index in [4.69, 9.17) is 0 Å². The van der Waals surface area contributed by atoms with Crippen molar-refractivity contribution in [2.45, 2.75) is 25.1 Å². The van der Waals surface area contributed by atoms with Gasteiger partial charge >= 0.3 is 6.18 Å². The SMILES string of the molecule is O=C(c1ccc(C(F)(F)F)nc1)N1CCC[C@H](n2cncn2)C1. The summed E-state index contributed by atoms with van der Waals surface area (Å²) < 4.78 is 39.2. The average Bonchev–Trinajstić information content (AvgIpc) is 3.08. The number of pyridine rings is 1. The molecule has 1 aliphatic rings. The molecule has 3 heterocycles. The van der Waals surface area contributed by atoms with Crippen LogP contribution in [0, 0.1) is 0 Å². The monoisotopic (exact) mass is 325 g/mol. The summed E-state index contributed by atoms with van der Waals surface area (Å²) in [6.45, 7) is 1.01. The van der Waals surface area contributed by atoms with Gasteiger partial charge in [0.1, 0.15) is 18.3 Å². The summed E-state index contributed by atoms with van der Waals surface area (Å²) in [5.41, 5.74) is -0.856. The highest BCUT2D eigenvalue weighted by Gasteiger charge is 2.33. The minimum atomic E-state index is -4.51. The number of piperidine rings is 1. The van der Waals surface area contributed by atoms with Gasteiger partial charge in [0.15, 0.2) is 0 Å². The van der Waals surface area contributed by atoms with Gasteiger partial charge in [-0.25, -0.2) is 9.67 Å². The lowest BCUT2D eigenvalue weighted by molar-refractivity contribution is -0.141. The van der Waals surface area contributed by atoms with Gasteiger partial charge in [-0.3, -0.25) is 9.78 Å². The summed E-state index contributed by atoms with van der Waals surface area (Å²) in [5, 5.41) is 4.08. The average molecular weight is 325 g/mol. The fraction of sp³-hybridized carbons (Fsp3) is 0.429. The Morgan fingerprint density at radius 1 is 1.30 bits per heavy atom. The molecule has 0 spiro atoms.